The molecule has 1 aliphatic carbocycles. The van der Waals surface area contributed by atoms with Gasteiger partial charge in [-0.15, -0.1) is 0 Å². The number of nitrogens with zero attached hydrogens (tertiary/aromatic N) is 2. The van der Waals surface area contributed by atoms with Gasteiger partial charge >= 0.3 is 0 Å². The summed E-state index contributed by atoms with van der Waals surface area (Å²) < 4.78 is 36.3. The molecule has 1 fully saturated rings. The van der Waals surface area contributed by atoms with Gasteiger partial charge in [0, 0.05) is 17.3 Å². The number of hydrogen-bond donors (Lipinski definition) is 1. The van der Waals surface area contributed by atoms with Crippen LogP contribution in [0.2, 0.25) is 0 Å². The van der Waals surface area contributed by atoms with Gasteiger partial charge in [-0.3, -0.25) is 9.48 Å². The molecule has 1 atom stereocenters. The number of carbonyl (C=O) groups is 1. The summed E-state index contributed by atoms with van der Waals surface area (Å²) in [6.07, 6.45) is 4.13. The smallest absolute Gasteiger partial charge is 0.276 e. The van der Waals surface area contributed by atoms with E-state index in [1.165, 1.54) is 7.11 Å². The number of aromatic nitrogens is 2. The van der Waals surface area contributed by atoms with Crippen molar-refractivity contribution in [2.45, 2.75) is 38.1 Å². The quantitative estimate of drug-likeness (QED) is 0.799. The number of anilines is 1. The summed E-state index contributed by atoms with van der Waals surface area (Å²) in [5.41, 5.74) is 2.80. The lowest BCUT2D eigenvalue weighted by Gasteiger charge is -2.17. The number of methoxy groups -OCH3 is 2. The highest BCUT2D eigenvalue weighted by atomic mass is 32.2. The number of ether oxygens (including phenoxy) is 2. The molecule has 0 saturated carbocycles. The summed E-state index contributed by atoms with van der Waals surface area (Å²) in [5.74, 6) is 1.06. The predicted molar refractivity (Wildman–Crippen MR) is 109 cm³/mol. The molecule has 0 radical (unpaired) electrons. The summed E-state index contributed by atoms with van der Waals surface area (Å²) in [7, 11) is 0.0548. The average Bonchev–Trinajstić information content (AvgIpc) is 3.28. The molecule has 0 spiro atoms. The number of fused-ring (bicyclic) bond motifs is 1. The van der Waals surface area contributed by atoms with Gasteiger partial charge in [-0.2, -0.15) is 5.10 Å². The summed E-state index contributed by atoms with van der Waals surface area (Å²) >= 11 is 0. The first-order valence-corrected chi connectivity index (χ1v) is 11.6. The number of amides is 1. The van der Waals surface area contributed by atoms with E-state index >= 15 is 0 Å². The Kier molecular flexibility index (Phi) is 5.24. The molecular weight excluding hydrogens is 394 g/mol. The molecule has 9 heteroatoms. The molecule has 2 aromatic rings. The van der Waals surface area contributed by atoms with Gasteiger partial charge in [0.05, 0.1) is 37.5 Å². The Labute approximate surface area is 170 Å². The Hall–Kier alpha value is -2.55. The molecule has 0 unspecified atom stereocenters. The van der Waals surface area contributed by atoms with Crippen LogP contribution in [0.4, 0.5) is 5.69 Å². The van der Waals surface area contributed by atoms with Gasteiger partial charge in [0.1, 0.15) is 11.5 Å². The van der Waals surface area contributed by atoms with Crippen molar-refractivity contribution in [2.75, 3.05) is 31.0 Å². The Morgan fingerprint density at radius 2 is 2.00 bits per heavy atom. The lowest BCUT2D eigenvalue weighted by Crippen LogP contribution is -2.17. The first kappa shape index (κ1) is 19.8. The van der Waals surface area contributed by atoms with Gasteiger partial charge < -0.3 is 14.8 Å². The van der Waals surface area contributed by atoms with Crippen LogP contribution in [0.25, 0.3) is 0 Å². The largest absolute Gasteiger partial charge is 0.497 e. The van der Waals surface area contributed by atoms with Crippen LogP contribution in [0.3, 0.4) is 0 Å². The highest BCUT2D eigenvalue weighted by Crippen LogP contribution is 2.33. The predicted octanol–water partition coefficient (Wildman–Crippen LogP) is 2.39. The van der Waals surface area contributed by atoms with Crippen LogP contribution in [-0.4, -0.2) is 49.8 Å². The third-order valence-electron chi connectivity index (χ3n) is 5.63. The number of hydrogen-bond acceptors (Lipinski definition) is 6. The van der Waals surface area contributed by atoms with Crippen molar-refractivity contribution in [3.05, 3.63) is 35.2 Å². The second-order valence-corrected chi connectivity index (χ2v) is 9.73. The molecule has 156 valence electrons. The minimum atomic E-state index is -3.04. The molecule has 29 heavy (non-hydrogen) atoms. The number of nitrogens with one attached hydrogen (secondary N) is 1. The van der Waals surface area contributed by atoms with E-state index in [9.17, 15) is 13.2 Å². The van der Waals surface area contributed by atoms with E-state index in [0.29, 0.717) is 29.3 Å². The van der Waals surface area contributed by atoms with Crippen molar-refractivity contribution in [1.82, 2.24) is 9.78 Å². The molecule has 1 aromatic heterocycles. The van der Waals surface area contributed by atoms with Gasteiger partial charge in [-0.05, 0) is 44.2 Å². The van der Waals surface area contributed by atoms with Crippen molar-refractivity contribution in [2.24, 2.45) is 0 Å². The fraction of sp³-hybridized carbons (Fsp3) is 0.500. The molecule has 1 saturated heterocycles. The van der Waals surface area contributed by atoms with E-state index in [1.807, 2.05) is 0 Å². The fourth-order valence-corrected chi connectivity index (χ4v) is 5.86. The van der Waals surface area contributed by atoms with Crippen LogP contribution in [0.1, 0.15) is 47.1 Å². The van der Waals surface area contributed by atoms with Crippen molar-refractivity contribution in [3.63, 3.8) is 0 Å². The molecule has 8 nitrogen and oxygen atoms in total. The highest BCUT2D eigenvalue weighted by Gasteiger charge is 2.34. The first-order chi connectivity index (χ1) is 13.9. The van der Waals surface area contributed by atoms with Crippen LogP contribution in [-0.2, 0) is 22.7 Å². The Balaban J connectivity index is 1.67. The number of sulfone groups is 1. The molecule has 2 aliphatic rings. The standard InChI is InChI=1S/C20H25N3O5S/c1-27-14-7-8-18(28-2)16(11-14)21-20(24)19-15-5-3-4-6-17(15)23(22-19)13-9-10-29(25,26)12-13/h7-8,11,13H,3-6,9-10,12H2,1-2H3,(H,21,24)/t13-/m0/s1. The molecule has 2 heterocycles. The van der Waals surface area contributed by atoms with E-state index in [4.69, 9.17) is 9.47 Å². The summed E-state index contributed by atoms with van der Waals surface area (Å²) in [5, 5.41) is 7.49. The zero-order valence-electron chi connectivity index (χ0n) is 16.6. The maximum atomic E-state index is 13.1. The van der Waals surface area contributed by atoms with Gasteiger partial charge in [-0.25, -0.2) is 8.42 Å². The molecule has 1 N–H and O–H groups in total. The van der Waals surface area contributed by atoms with Crippen molar-refractivity contribution in [1.29, 1.82) is 0 Å². The highest BCUT2D eigenvalue weighted by molar-refractivity contribution is 7.91. The Morgan fingerprint density at radius 3 is 2.69 bits per heavy atom. The van der Waals surface area contributed by atoms with Crippen LogP contribution in [0, 0.1) is 0 Å². The number of benzene rings is 1. The van der Waals surface area contributed by atoms with Crippen LogP contribution >= 0.6 is 0 Å². The summed E-state index contributed by atoms with van der Waals surface area (Å²) in [6, 6.07) is 4.99. The Bertz CT molecular complexity index is 1040. The lowest BCUT2D eigenvalue weighted by molar-refractivity contribution is 0.102. The number of rotatable bonds is 5. The SMILES string of the molecule is COc1ccc(OC)c(NC(=O)c2nn([C@H]3CCS(=O)(=O)C3)c3c2CCCC3)c1. The Morgan fingerprint density at radius 1 is 1.21 bits per heavy atom. The third-order valence-corrected chi connectivity index (χ3v) is 7.38. The normalized spacial score (nSPS) is 20.1. The van der Waals surface area contributed by atoms with Crippen molar-refractivity contribution in [3.8, 4) is 11.5 Å². The molecule has 4 rings (SSSR count). The maximum absolute atomic E-state index is 13.1. The molecule has 1 amide bonds. The van der Waals surface area contributed by atoms with Gasteiger partial charge in [0.25, 0.3) is 5.91 Å². The topological polar surface area (TPSA) is 99.5 Å². The monoisotopic (exact) mass is 419 g/mol. The second kappa shape index (κ2) is 7.70. The third kappa shape index (κ3) is 3.83. The van der Waals surface area contributed by atoms with Crippen molar-refractivity contribution >= 4 is 21.4 Å². The first-order valence-electron chi connectivity index (χ1n) is 9.76. The maximum Gasteiger partial charge on any atom is 0.276 e. The molecule has 0 bridgehead atoms. The average molecular weight is 420 g/mol. The van der Waals surface area contributed by atoms with E-state index in [2.05, 4.69) is 10.4 Å². The number of carbonyl (C=O) groups excluding carboxylic acids is 1. The molecule has 1 aliphatic heterocycles. The van der Waals surface area contributed by atoms with Crippen LogP contribution in [0.15, 0.2) is 18.2 Å². The molecular formula is C20H25N3O5S. The zero-order valence-corrected chi connectivity index (χ0v) is 17.4. The van der Waals surface area contributed by atoms with Gasteiger partial charge in [0.2, 0.25) is 0 Å². The second-order valence-electron chi connectivity index (χ2n) is 7.50. The summed E-state index contributed by atoms with van der Waals surface area (Å²) in [6.45, 7) is 0. The van der Waals surface area contributed by atoms with Crippen molar-refractivity contribution < 1.29 is 22.7 Å². The lowest BCUT2D eigenvalue weighted by atomic mass is 9.95. The minimum absolute atomic E-state index is 0.0892. The van der Waals surface area contributed by atoms with E-state index in [-0.39, 0.29) is 23.5 Å². The van der Waals surface area contributed by atoms with E-state index in [1.54, 1.807) is 30.0 Å². The molecule has 1 aromatic carbocycles. The minimum Gasteiger partial charge on any atom is -0.497 e. The summed E-state index contributed by atoms with van der Waals surface area (Å²) in [4.78, 5) is 13.1. The zero-order chi connectivity index (χ0) is 20.6. The van der Waals surface area contributed by atoms with Crippen LogP contribution < -0.4 is 14.8 Å². The fourth-order valence-electron chi connectivity index (χ4n) is 4.17. The van der Waals surface area contributed by atoms with Crippen LogP contribution in [0.5, 0.6) is 11.5 Å². The van der Waals surface area contributed by atoms with E-state index in [0.717, 1.165) is 36.9 Å². The van der Waals surface area contributed by atoms with Gasteiger partial charge in [0.15, 0.2) is 15.5 Å². The van der Waals surface area contributed by atoms with E-state index < -0.39 is 9.84 Å². The van der Waals surface area contributed by atoms with Gasteiger partial charge in [-0.1, -0.05) is 0 Å².